The van der Waals surface area contributed by atoms with Crippen LogP contribution in [0.5, 0.6) is 0 Å². The van der Waals surface area contributed by atoms with E-state index in [0.717, 1.165) is 38.8 Å². The highest BCUT2D eigenvalue weighted by molar-refractivity contribution is 5.84. The first-order chi connectivity index (χ1) is 10.6. The highest BCUT2D eigenvalue weighted by Crippen LogP contribution is 2.38. The summed E-state index contributed by atoms with van der Waals surface area (Å²) in [6, 6.07) is 6.69. The molecule has 3 rings (SSSR count). The predicted molar refractivity (Wildman–Crippen MR) is 82.3 cm³/mol. The molecule has 2 aliphatic rings. The number of piperidine rings is 2. The number of nitrogens with one attached hydrogen (secondary N) is 1. The van der Waals surface area contributed by atoms with Crippen molar-refractivity contribution in [2.24, 2.45) is 5.41 Å². The van der Waals surface area contributed by atoms with Crippen LogP contribution in [0.1, 0.15) is 31.2 Å². The van der Waals surface area contributed by atoms with Gasteiger partial charge in [-0.2, -0.15) is 0 Å². The van der Waals surface area contributed by atoms with Crippen molar-refractivity contribution in [3.63, 3.8) is 0 Å². The second-order valence-corrected chi connectivity index (χ2v) is 6.28. The van der Waals surface area contributed by atoms with Gasteiger partial charge in [-0.15, -0.1) is 0 Å². The quantitative estimate of drug-likeness (QED) is 0.685. The number of rotatable bonds is 3. The molecule has 6 nitrogen and oxygen atoms in total. The van der Waals surface area contributed by atoms with E-state index in [1.165, 1.54) is 6.07 Å². The lowest BCUT2D eigenvalue weighted by Gasteiger charge is -2.44. The summed E-state index contributed by atoms with van der Waals surface area (Å²) in [5, 5.41) is 14.5. The molecule has 6 heteroatoms. The predicted octanol–water partition coefficient (Wildman–Crippen LogP) is 2.09. The molecule has 1 N–H and O–H groups in total. The Kier molecular flexibility index (Phi) is 4.11. The monoisotopic (exact) mass is 303 g/mol. The standard InChI is InChI=1S/C16H21N3O3/c20-15-16(7-3-9-17-12-16)8-4-10-18(15)11-13-5-1-2-6-14(13)19(21)22/h1-2,5-6,17H,3-4,7-12H2. The highest BCUT2D eigenvalue weighted by Gasteiger charge is 2.44. The Morgan fingerprint density at radius 2 is 2.05 bits per heavy atom. The number of hydrogen-bond acceptors (Lipinski definition) is 4. The van der Waals surface area contributed by atoms with Gasteiger partial charge < -0.3 is 10.2 Å². The van der Waals surface area contributed by atoms with Crippen molar-refractivity contribution in [1.29, 1.82) is 0 Å². The molecule has 1 aromatic rings. The van der Waals surface area contributed by atoms with Crippen molar-refractivity contribution >= 4 is 11.6 Å². The lowest BCUT2D eigenvalue weighted by Crippen LogP contribution is -2.54. The average molecular weight is 303 g/mol. The molecular formula is C16H21N3O3. The fraction of sp³-hybridized carbons (Fsp3) is 0.562. The minimum Gasteiger partial charge on any atom is -0.338 e. The van der Waals surface area contributed by atoms with Gasteiger partial charge in [-0.1, -0.05) is 18.2 Å². The maximum atomic E-state index is 12.9. The Bertz CT molecular complexity index is 576. The van der Waals surface area contributed by atoms with Crippen molar-refractivity contribution in [1.82, 2.24) is 10.2 Å². The molecule has 2 heterocycles. The van der Waals surface area contributed by atoms with Gasteiger partial charge in [-0.3, -0.25) is 14.9 Å². The number of hydrogen-bond donors (Lipinski definition) is 1. The van der Waals surface area contributed by atoms with Crippen LogP contribution >= 0.6 is 0 Å². The largest absolute Gasteiger partial charge is 0.338 e. The third-order valence-corrected chi connectivity index (χ3v) is 4.85. The Labute approximate surface area is 129 Å². The molecule has 1 aromatic carbocycles. The van der Waals surface area contributed by atoms with Crippen molar-refractivity contribution in [3.05, 3.63) is 39.9 Å². The van der Waals surface area contributed by atoms with E-state index in [1.807, 2.05) is 0 Å². The van der Waals surface area contributed by atoms with Gasteiger partial charge in [0.25, 0.3) is 5.69 Å². The molecule has 0 aliphatic carbocycles. The molecule has 0 aromatic heterocycles. The summed E-state index contributed by atoms with van der Waals surface area (Å²) in [5.41, 5.74) is 0.415. The topological polar surface area (TPSA) is 75.5 Å². The molecule has 1 amide bonds. The number of nitrogens with zero attached hydrogens (tertiary/aromatic N) is 2. The summed E-state index contributed by atoms with van der Waals surface area (Å²) in [7, 11) is 0. The molecule has 2 fully saturated rings. The number of carbonyl (C=O) groups is 1. The van der Waals surface area contributed by atoms with E-state index in [1.54, 1.807) is 23.1 Å². The Morgan fingerprint density at radius 3 is 2.77 bits per heavy atom. The number of carbonyl (C=O) groups excluding carboxylic acids is 1. The molecule has 0 radical (unpaired) electrons. The smallest absolute Gasteiger partial charge is 0.274 e. The molecule has 1 atom stereocenters. The maximum Gasteiger partial charge on any atom is 0.274 e. The van der Waals surface area contributed by atoms with Gasteiger partial charge in [0.2, 0.25) is 5.91 Å². The van der Waals surface area contributed by atoms with Crippen LogP contribution in [0.15, 0.2) is 24.3 Å². The zero-order chi connectivity index (χ0) is 15.6. The molecule has 1 spiro atoms. The first-order valence-electron chi connectivity index (χ1n) is 7.85. The van der Waals surface area contributed by atoms with E-state index in [0.29, 0.717) is 18.7 Å². The summed E-state index contributed by atoms with van der Waals surface area (Å²) in [4.78, 5) is 25.5. The second-order valence-electron chi connectivity index (χ2n) is 6.28. The maximum absolute atomic E-state index is 12.9. The van der Waals surface area contributed by atoms with E-state index >= 15 is 0 Å². The molecule has 2 saturated heterocycles. The summed E-state index contributed by atoms with van der Waals surface area (Å²) in [6.07, 6.45) is 3.83. The normalized spacial score (nSPS) is 25.5. The first-order valence-corrected chi connectivity index (χ1v) is 7.85. The fourth-order valence-corrected chi connectivity index (χ4v) is 3.70. The van der Waals surface area contributed by atoms with E-state index in [2.05, 4.69) is 5.32 Å². The van der Waals surface area contributed by atoms with E-state index in [-0.39, 0.29) is 21.9 Å². The van der Waals surface area contributed by atoms with Crippen LogP contribution in [-0.4, -0.2) is 35.4 Å². The Morgan fingerprint density at radius 1 is 1.27 bits per heavy atom. The molecule has 1 unspecified atom stereocenters. The first kappa shape index (κ1) is 15.0. The van der Waals surface area contributed by atoms with Gasteiger partial charge in [-0.05, 0) is 32.2 Å². The van der Waals surface area contributed by atoms with Crippen molar-refractivity contribution in [2.45, 2.75) is 32.2 Å². The number of nitro benzene ring substituents is 1. The zero-order valence-corrected chi connectivity index (χ0v) is 12.6. The molecule has 22 heavy (non-hydrogen) atoms. The summed E-state index contributed by atoms with van der Waals surface area (Å²) >= 11 is 0. The zero-order valence-electron chi connectivity index (χ0n) is 12.6. The van der Waals surface area contributed by atoms with Crippen LogP contribution < -0.4 is 5.32 Å². The van der Waals surface area contributed by atoms with Crippen LogP contribution in [0.2, 0.25) is 0 Å². The molecule has 118 valence electrons. The summed E-state index contributed by atoms with van der Waals surface area (Å²) < 4.78 is 0. The van der Waals surface area contributed by atoms with Crippen molar-refractivity contribution in [3.8, 4) is 0 Å². The third kappa shape index (κ3) is 2.70. The van der Waals surface area contributed by atoms with Gasteiger partial charge in [0.05, 0.1) is 16.9 Å². The van der Waals surface area contributed by atoms with Crippen molar-refractivity contribution in [2.75, 3.05) is 19.6 Å². The fourth-order valence-electron chi connectivity index (χ4n) is 3.70. The van der Waals surface area contributed by atoms with Crippen LogP contribution in [0.3, 0.4) is 0 Å². The lowest BCUT2D eigenvalue weighted by atomic mass is 9.73. The number of amides is 1. The SMILES string of the molecule is O=C1N(Cc2ccccc2[N+](=O)[O-])CCCC12CCCNC2. The van der Waals surface area contributed by atoms with E-state index in [9.17, 15) is 14.9 Å². The van der Waals surface area contributed by atoms with E-state index < -0.39 is 0 Å². The number of likely N-dealkylation sites (tertiary alicyclic amines) is 1. The Balaban J connectivity index is 1.80. The van der Waals surface area contributed by atoms with E-state index in [4.69, 9.17) is 0 Å². The van der Waals surface area contributed by atoms with Gasteiger partial charge in [0.1, 0.15) is 0 Å². The van der Waals surface area contributed by atoms with Crippen LogP contribution in [0, 0.1) is 15.5 Å². The third-order valence-electron chi connectivity index (χ3n) is 4.85. The number of nitro groups is 1. The molecule has 0 bridgehead atoms. The minimum absolute atomic E-state index is 0.0942. The van der Waals surface area contributed by atoms with Crippen molar-refractivity contribution < 1.29 is 9.72 Å². The van der Waals surface area contributed by atoms with Crippen LogP contribution in [0.25, 0.3) is 0 Å². The Hall–Kier alpha value is -1.95. The molecule has 2 aliphatic heterocycles. The number of para-hydroxylation sites is 1. The summed E-state index contributed by atoms with van der Waals surface area (Å²) in [6.45, 7) is 2.72. The second kappa shape index (κ2) is 6.04. The van der Waals surface area contributed by atoms with Crippen LogP contribution in [-0.2, 0) is 11.3 Å². The van der Waals surface area contributed by atoms with Gasteiger partial charge >= 0.3 is 0 Å². The van der Waals surface area contributed by atoms with Gasteiger partial charge in [0.15, 0.2) is 0 Å². The average Bonchev–Trinajstić information content (AvgIpc) is 2.53. The number of benzene rings is 1. The van der Waals surface area contributed by atoms with Crippen LogP contribution in [0.4, 0.5) is 5.69 Å². The minimum atomic E-state index is -0.373. The summed E-state index contributed by atoms with van der Waals surface area (Å²) in [5.74, 6) is 0.157. The molecular weight excluding hydrogens is 282 g/mol. The van der Waals surface area contributed by atoms with Gasteiger partial charge in [-0.25, -0.2) is 0 Å². The lowest BCUT2D eigenvalue weighted by molar-refractivity contribution is -0.385. The highest BCUT2D eigenvalue weighted by atomic mass is 16.6. The van der Waals surface area contributed by atoms with Gasteiger partial charge in [0, 0.05) is 24.7 Å². The molecule has 0 saturated carbocycles.